The van der Waals surface area contributed by atoms with Crippen LogP contribution in [0.2, 0.25) is 0 Å². The monoisotopic (exact) mass is 283 g/mol. The number of ether oxygens (including phenoxy) is 2. The van der Waals surface area contributed by atoms with E-state index in [1.165, 1.54) is 0 Å². The van der Waals surface area contributed by atoms with Gasteiger partial charge in [-0.15, -0.1) is 0 Å². The van der Waals surface area contributed by atoms with Gasteiger partial charge in [-0.3, -0.25) is 0 Å². The predicted molar refractivity (Wildman–Crippen MR) is 57.6 cm³/mol. The normalized spacial score (nSPS) is 25.1. The van der Waals surface area contributed by atoms with Crippen LogP contribution in [0.5, 0.6) is 5.19 Å². The van der Waals surface area contributed by atoms with E-state index in [1.54, 1.807) is 0 Å². The van der Waals surface area contributed by atoms with Crippen molar-refractivity contribution in [1.82, 2.24) is 14.7 Å². The molecular weight excluding hydrogens is 271 g/mol. The van der Waals surface area contributed by atoms with Crippen LogP contribution in [-0.4, -0.2) is 41.3 Å². The number of rotatable bonds is 3. The largest absolute Gasteiger partial charge is 0.466 e. The summed E-state index contributed by atoms with van der Waals surface area (Å²) in [4.78, 5) is 3.27. The van der Waals surface area contributed by atoms with Crippen molar-refractivity contribution in [3.8, 4) is 5.19 Å². The van der Waals surface area contributed by atoms with E-state index in [9.17, 15) is 13.2 Å². The van der Waals surface area contributed by atoms with Gasteiger partial charge in [0.25, 0.3) is 11.0 Å². The molecule has 0 amide bonds. The molecule has 2 heterocycles. The first-order valence-electron chi connectivity index (χ1n) is 5.35. The molecular formula is C9H12F3N3O2S. The molecule has 1 fully saturated rings. The molecule has 0 aliphatic carbocycles. The maximum absolute atomic E-state index is 12.2. The van der Waals surface area contributed by atoms with Crippen molar-refractivity contribution in [1.29, 1.82) is 0 Å². The van der Waals surface area contributed by atoms with E-state index in [0.717, 1.165) is 6.54 Å². The van der Waals surface area contributed by atoms with Crippen LogP contribution in [0.3, 0.4) is 0 Å². The third-order valence-corrected chi connectivity index (χ3v) is 2.91. The first kappa shape index (κ1) is 13.5. The van der Waals surface area contributed by atoms with Crippen LogP contribution in [0.1, 0.15) is 12.7 Å². The highest BCUT2D eigenvalue weighted by molar-refractivity contribution is 7.07. The Bertz CT molecular complexity index is 399. The molecule has 1 saturated heterocycles. The van der Waals surface area contributed by atoms with Crippen molar-refractivity contribution >= 4 is 11.5 Å². The van der Waals surface area contributed by atoms with Gasteiger partial charge in [-0.2, -0.15) is 22.5 Å². The summed E-state index contributed by atoms with van der Waals surface area (Å²) in [5, 5.41) is 3.04. The minimum absolute atomic E-state index is 0.0625. The Morgan fingerprint density at radius 2 is 2.28 bits per heavy atom. The Labute approximate surface area is 105 Å². The zero-order chi connectivity index (χ0) is 13.2. The van der Waals surface area contributed by atoms with E-state index in [1.807, 2.05) is 6.92 Å². The van der Waals surface area contributed by atoms with Gasteiger partial charge < -0.3 is 14.8 Å². The molecule has 102 valence electrons. The fraction of sp³-hybridized carbons (Fsp3) is 0.778. The molecule has 2 rings (SSSR count). The first-order valence-corrected chi connectivity index (χ1v) is 6.12. The zero-order valence-corrected chi connectivity index (χ0v) is 10.3. The van der Waals surface area contributed by atoms with E-state index >= 15 is 0 Å². The van der Waals surface area contributed by atoms with Crippen LogP contribution in [0.4, 0.5) is 13.2 Å². The van der Waals surface area contributed by atoms with Crippen LogP contribution >= 0.6 is 11.5 Å². The van der Waals surface area contributed by atoms with E-state index in [-0.39, 0.29) is 24.0 Å². The molecule has 1 aromatic rings. The van der Waals surface area contributed by atoms with Crippen molar-refractivity contribution in [3.63, 3.8) is 0 Å². The smallest absolute Gasteiger partial charge is 0.452 e. The molecule has 0 aromatic carbocycles. The summed E-state index contributed by atoms with van der Waals surface area (Å²) in [7, 11) is 0. The number of hydrogen-bond donors (Lipinski definition) is 1. The van der Waals surface area contributed by atoms with Crippen molar-refractivity contribution in [2.45, 2.75) is 25.3 Å². The van der Waals surface area contributed by atoms with Gasteiger partial charge in [0.15, 0.2) is 0 Å². The maximum Gasteiger partial charge on any atom is 0.452 e. The summed E-state index contributed by atoms with van der Waals surface area (Å²) in [5.74, 6) is -1.17. The van der Waals surface area contributed by atoms with E-state index in [0.29, 0.717) is 18.1 Å². The van der Waals surface area contributed by atoms with Gasteiger partial charge >= 0.3 is 6.18 Å². The van der Waals surface area contributed by atoms with Crippen molar-refractivity contribution in [3.05, 3.63) is 5.82 Å². The Balaban J connectivity index is 1.85. The molecule has 0 bridgehead atoms. The second kappa shape index (κ2) is 5.37. The molecule has 2 unspecified atom stereocenters. The lowest BCUT2D eigenvalue weighted by atomic mass is 10.2. The van der Waals surface area contributed by atoms with Gasteiger partial charge in [0.1, 0.15) is 12.7 Å². The summed E-state index contributed by atoms with van der Waals surface area (Å²) in [6.45, 7) is 3.43. The highest BCUT2D eigenvalue weighted by Gasteiger charge is 2.36. The second-order valence-electron chi connectivity index (χ2n) is 3.92. The molecule has 1 aliphatic heterocycles. The number of alkyl halides is 3. The molecule has 5 nitrogen and oxygen atoms in total. The second-order valence-corrected chi connectivity index (χ2v) is 4.63. The Hall–Kier alpha value is -0.930. The minimum atomic E-state index is -4.53. The van der Waals surface area contributed by atoms with E-state index in [2.05, 4.69) is 14.7 Å². The third-order valence-electron chi connectivity index (χ3n) is 2.28. The fourth-order valence-electron chi connectivity index (χ4n) is 1.52. The van der Waals surface area contributed by atoms with Gasteiger partial charge in [0, 0.05) is 24.6 Å². The summed E-state index contributed by atoms with van der Waals surface area (Å²) in [6.07, 6.45) is -4.66. The van der Waals surface area contributed by atoms with Crippen LogP contribution in [0.25, 0.3) is 0 Å². The average molecular weight is 283 g/mol. The molecule has 1 N–H and O–H groups in total. The van der Waals surface area contributed by atoms with Gasteiger partial charge in [-0.25, -0.2) is 0 Å². The van der Waals surface area contributed by atoms with Crippen molar-refractivity contribution in [2.75, 3.05) is 19.7 Å². The molecule has 9 heteroatoms. The Morgan fingerprint density at radius 3 is 2.89 bits per heavy atom. The molecule has 1 aromatic heterocycles. The third kappa shape index (κ3) is 3.53. The average Bonchev–Trinajstić information content (AvgIpc) is 2.74. The Morgan fingerprint density at radius 1 is 1.50 bits per heavy atom. The Kier molecular flexibility index (Phi) is 4.03. The molecule has 0 radical (unpaired) electrons. The lowest BCUT2D eigenvalue weighted by Crippen LogP contribution is -2.45. The van der Waals surface area contributed by atoms with Crippen LogP contribution < -0.4 is 10.1 Å². The molecule has 2 atom stereocenters. The van der Waals surface area contributed by atoms with E-state index in [4.69, 9.17) is 9.47 Å². The number of aromatic nitrogens is 2. The number of halogens is 3. The van der Waals surface area contributed by atoms with Gasteiger partial charge in [-0.05, 0) is 6.92 Å². The standard InChI is InChI=1S/C9H12F3N3O2S/c1-5-2-13-3-6(17-5)4-16-8-14-7(15-18-8)9(10,11)12/h5-6,13H,2-4H2,1H3. The number of morpholine rings is 1. The fourth-order valence-corrected chi connectivity index (χ4v) is 2.08. The number of nitrogens with zero attached hydrogens (tertiary/aromatic N) is 2. The summed E-state index contributed by atoms with van der Waals surface area (Å²) >= 11 is 0.586. The molecule has 1 aliphatic rings. The van der Waals surface area contributed by atoms with Crippen molar-refractivity contribution in [2.24, 2.45) is 0 Å². The van der Waals surface area contributed by atoms with Crippen LogP contribution in [-0.2, 0) is 10.9 Å². The van der Waals surface area contributed by atoms with Crippen LogP contribution in [0, 0.1) is 0 Å². The first-order chi connectivity index (χ1) is 8.45. The van der Waals surface area contributed by atoms with Crippen molar-refractivity contribution < 1.29 is 22.6 Å². The molecule has 18 heavy (non-hydrogen) atoms. The minimum Gasteiger partial charge on any atom is -0.466 e. The highest BCUT2D eigenvalue weighted by Crippen LogP contribution is 2.29. The SMILES string of the molecule is CC1CNCC(COc2nc(C(F)(F)F)ns2)O1. The number of nitrogens with one attached hydrogen (secondary N) is 1. The summed E-state index contributed by atoms with van der Waals surface area (Å²) in [5.41, 5.74) is 0. The van der Waals surface area contributed by atoms with Gasteiger partial charge in [0.05, 0.1) is 6.10 Å². The molecule has 0 saturated carbocycles. The lowest BCUT2D eigenvalue weighted by Gasteiger charge is -2.28. The van der Waals surface area contributed by atoms with Gasteiger partial charge in [0.2, 0.25) is 0 Å². The molecule has 0 spiro atoms. The lowest BCUT2D eigenvalue weighted by molar-refractivity contribution is -0.144. The van der Waals surface area contributed by atoms with Gasteiger partial charge in [-0.1, -0.05) is 0 Å². The maximum atomic E-state index is 12.2. The highest BCUT2D eigenvalue weighted by atomic mass is 32.1. The van der Waals surface area contributed by atoms with E-state index < -0.39 is 12.0 Å². The quantitative estimate of drug-likeness (QED) is 0.906. The predicted octanol–water partition coefficient (Wildman–Crippen LogP) is 1.31. The zero-order valence-electron chi connectivity index (χ0n) is 9.53. The summed E-state index contributed by atoms with van der Waals surface area (Å²) in [6, 6.07) is 0. The van der Waals surface area contributed by atoms with Crippen LogP contribution in [0.15, 0.2) is 0 Å². The number of hydrogen-bond acceptors (Lipinski definition) is 6. The topological polar surface area (TPSA) is 56.3 Å². The summed E-state index contributed by atoms with van der Waals surface area (Å²) < 4.78 is 50.6.